The van der Waals surface area contributed by atoms with Crippen LogP contribution in [0.3, 0.4) is 0 Å². The molecule has 0 aliphatic carbocycles. The van der Waals surface area contributed by atoms with E-state index in [2.05, 4.69) is 14.7 Å². The quantitative estimate of drug-likeness (QED) is 0.643. The first-order chi connectivity index (χ1) is 5.29. The number of rotatable bonds is 1. The number of carbonyl (C=O) groups is 1. The van der Waals surface area contributed by atoms with Crippen molar-refractivity contribution in [1.82, 2.24) is 10.1 Å². The third kappa shape index (κ3) is 0.689. The van der Waals surface area contributed by atoms with Crippen molar-refractivity contribution >= 4 is 17.2 Å². The lowest BCUT2D eigenvalue weighted by atomic mass is 10.4. The van der Waals surface area contributed by atoms with Crippen LogP contribution in [0.2, 0.25) is 0 Å². The standard InChI is InChI=1S/C5H2N2O4/c8-5(9)3-2-4(7-11-3)6-1-10-2/h1H,(H,8,9). The third-order valence-electron chi connectivity index (χ3n) is 1.17. The minimum atomic E-state index is -1.22. The van der Waals surface area contributed by atoms with Gasteiger partial charge < -0.3 is 14.0 Å². The summed E-state index contributed by atoms with van der Waals surface area (Å²) in [5, 5.41) is 11.8. The van der Waals surface area contributed by atoms with Crippen LogP contribution >= 0.6 is 0 Å². The normalized spacial score (nSPS) is 10.5. The second-order valence-corrected chi connectivity index (χ2v) is 1.82. The highest BCUT2D eigenvalue weighted by Gasteiger charge is 2.18. The molecule has 0 aliphatic heterocycles. The molecule has 0 atom stereocenters. The fraction of sp³-hybridized carbons (Fsp3) is 0. The molecule has 0 saturated carbocycles. The van der Waals surface area contributed by atoms with Gasteiger partial charge in [-0.05, 0) is 0 Å². The Morgan fingerprint density at radius 2 is 2.45 bits per heavy atom. The number of oxazole rings is 1. The Balaban J connectivity index is 2.78. The Morgan fingerprint density at radius 3 is 3.18 bits per heavy atom. The lowest BCUT2D eigenvalue weighted by Crippen LogP contribution is -1.92. The van der Waals surface area contributed by atoms with Crippen LogP contribution in [0.5, 0.6) is 0 Å². The summed E-state index contributed by atoms with van der Waals surface area (Å²) in [6.45, 7) is 0. The first kappa shape index (κ1) is 5.90. The van der Waals surface area contributed by atoms with Gasteiger partial charge in [-0.1, -0.05) is 5.16 Å². The van der Waals surface area contributed by atoms with Crippen molar-refractivity contribution in [1.29, 1.82) is 0 Å². The summed E-state index contributed by atoms with van der Waals surface area (Å²) in [4.78, 5) is 13.9. The van der Waals surface area contributed by atoms with E-state index in [1.165, 1.54) is 0 Å². The van der Waals surface area contributed by atoms with E-state index in [1.54, 1.807) is 0 Å². The van der Waals surface area contributed by atoms with E-state index in [4.69, 9.17) is 9.52 Å². The Bertz CT molecular complexity index is 401. The van der Waals surface area contributed by atoms with E-state index in [0.29, 0.717) is 0 Å². The molecule has 0 aliphatic rings. The molecule has 0 radical (unpaired) electrons. The Labute approximate surface area is 59.4 Å². The maximum Gasteiger partial charge on any atom is 0.378 e. The van der Waals surface area contributed by atoms with Gasteiger partial charge in [0.1, 0.15) is 0 Å². The molecule has 56 valence electrons. The van der Waals surface area contributed by atoms with Crippen LogP contribution in [0.15, 0.2) is 15.3 Å². The number of hydrogen-bond acceptors (Lipinski definition) is 5. The van der Waals surface area contributed by atoms with Crippen molar-refractivity contribution in [3.05, 3.63) is 12.2 Å². The summed E-state index contributed by atoms with van der Waals surface area (Å²) >= 11 is 0. The van der Waals surface area contributed by atoms with Crippen LogP contribution < -0.4 is 0 Å². The Kier molecular flexibility index (Phi) is 0.974. The lowest BCUT2D eigenvalue weighted by Gasteiger charge is -1.79. The first-order valence-electron chi connectivity index (χ1n) is 2.71. The van der Waals surface area contributed by atoms with Gasteiger partial charge in [0.2, 0.25) is 11.2 Å². The maximum absolute atomic E-state index is 10.4. The number of nitrogens with zero attached hydrogens (tertiary/aromatic N) is 2. The molecule has 11 heavy (non-hydrogen) atoms. The molecule has 6 heteroatoms. The molecule has 0 amide bonds. The van der Waals surface area contributed by atoms with E-state index in [-0.39, 0.29) is 17.0 Å². The zero-order valence-corrected chi connectivity index (χ0v) is 5.14. The number of carboxylic acid groups (broad SMARTS) is 1. The number of hydrogen-bond donors (Lipinski definition) is 1. The molecule has 0 saturated heterocycles. The molecular weight excluding hydrogens is 152 g/mol. The number of aromatic nitrogens is 2. The van der Waals surface area contributed by atoms with E-state index in [1.807, 2.05) is 0 Å². The van der Waals surface area contributed by atoms with E-state index in [0.717, 1.165) is 6.39 Å². The SMILES string of the molecule is O=C(O)c1onc2ncoc12. The largest absolute Gasteiger partial charge is 0.475 e. The molecular formula is C5H2N2O4. The third-order valence-corrected chi connectivity index (χ3v) is 1.17. The first-order valence-corrected chi connectivity index (χ1v) is 2.71. The van der Waals surface area contributed by atoms with Crippen molar-refractivity contribution < 1.29 is 18.8 Å². The van der Waals surface area contributed by atoms with Crippen LogP contribution in [-0.2, 0) is 0 Å². The predicted molar refractivity (Wildman–Crippen MR) is 31.0 cm³/mol. The smallest absolute Gasteiger partial charge is 0.378 e. The summed E-state index contributed by atoms with van der Waals surface area (Å²) < 4.78 is 9.11. The molecule has 0 fully saturated rings. The van der Waals surface area contributed by atoms with E-state index in [9.17, 15) is 4.79 Å². The fourth-order valence-electron chi connectivity index (χ4n) is 0.727. The Hall–Kier alpha value is -1.85. The van der Waals surface area contributed by atoms with Crippen molar-refractivity contribution in [3.63, 3.8) is 0 Å². The number of carboxylic acids is 1. The van der Waals surface area contributed by atoms with Gasteiger partial charge in [-0.25, -0.2) is 4.79 Å². The summed E-state index contributed by atoms with van der Waals surface area (Å²) in [7, 11) is 0. The zero-order chi connectivity index (χ0) is 7.84. The van der Waals surface area contributed by atoms with E-state index >= 15 is 0 Å². The molecule has 6 nitrogen and oxygen atoms in total. The molecule has 1 N–H and O–H groups in total. The minimum absolute atomic E-state index is 0.0671. The van der Waals surface area contributed by atoms with Gasteiger partial charge in [-0.3, -0.25) is 0 Å². The molecule has 0 spiro atoms. The van der Waals surface area contributed by atoms with Crippen molar-refractivity contribution in [2.24, 2.45) is 0 Å². The van der Waals surface area contributed by atoms with Gasteiger partial charge >= 0.3 is 5.97 Å². The summed E-state index contributed by atoms with van der Waals surface area (Å²) in [5.74, 6) is -1.54. The summed E-state index contributed by atoms with van der Waals surface area (Å²) in [5.41, 5.74) is 0.236. The van der Waals surface area contributed by atoms with Crippen molar-refractivity contribution in [3.8, 4) is 0 Å². The molecule has 2 aromatic heterocycles. The van der Waals surface area contributed by atoms with Gasteiger partial charge in [0.05, 0.1) is 0 Å². The van der Waals surface area contributed by atoms with Gasteiger partial charge in [-0.2, -0.15) is 4.98 Å². The molecule has 0 bridgehead atoms. The predicted octanol–water partition coefficient (Wildman–Crippen LogP) is 0.514. The van der Waals surface area contributed by atoms with Gasteiger partial charge in [-0.15, -0.1) is 0 Å². The van der Waals surface area contributed by atoms with Crippen molar-refractivity contribution in [2.45, 2.75) is 0 Å². The number of aromatic carboxylic acids is 1. The highest BCUT2D eigenvalue weighted by Crippen LogP contribution is 2.15. The topological polar surface area (TPSA) is 89.4 Å². The maximum atomic E-state index is 10.4. The fourth-order valence-corrected chi connectivity index (χ4v) is 0.727. The van der Waals surface area contributed by atoms with Crippen LogP contribution in [0.4, 0.5) is 0 Å². The van der Waals surface area contributed by atoms with Gasteiger partial charge in [0, 0.05) is 0 Å². The molecule has 2 rings (SSSR count). The lowest BCUT2D eigenvalue weighted by molar-refractivity contribution is 0.0653. The molecule has 0 aromatic carbocycles. The van der Waals surface area contributed by atoms with Gasteiger partial charge in [0.15, 0.2) is 6.39 Å². The molecule has 2 heterocycles. The molecule has 2 aromatic rings. The van der Waals surface area contributed by atoms with Gasteiger partial charge in [0.25, 0.3) is 5.76 Å². The zero-order valence-electron chi connectivity index (χ0n) is 5.14. The highest BCUT2D eigenvalue weighted by atomic mass is 16.5. The number of fused-ring (bicyclic) bond motifs is 1. The monoisotopic (exact) mass is 154 g/mol. The second-order valence-electron chi connectivity index (χ2n) is 1.82. The average Bonchev–Trinajstić information content (AvgIpc) is 2.41. The minimum Gasteiger partial charge on any atom is -0.475 e. The van der Waals surface area contributed by atoms with E-state index < -0.39 is 5.97 Å². The van der Waals surface area contributed by atoms with Crippen LogP contribution in [0.1, 0.15) is 10.6 Å². The van der Waals surface area contributed by atoms with Crippen LogP contribution in [0.25, 0.3) is 11.2 Å². The summed E-state index contributed by atoms with van der Waals surface area (Å²) in [6, 6.07) is 0. The molecule has 0 unspecified atom stereocenters. The highest BCUT2D eigenvalue weighted by molar-refractivity contribution is 5.95. The van der Waals surface area contributed by atoms with Crippen LogP contribution in [-0.4, -0.2) is 21.2 Å². The summed E-state index contributed by atoms with van der Waals surface area (Å²) in [6.07, 6.45) is 1.11. The van der Waals surface area contributed by atoms with Crippen LogP contribution in [0, 0.1) is 0 Å². The second kappa shape index (κ2) is 1.82. The Morgan fingerprint density at radius 1 is 1.64 bits per heavy atom. The average molecular weight is 154 g/mol. The van der Waals surface area contributed by atoms with Crippen molar-refractivity contribution in [2.75, 3.05) is 0 Å².